The fourth-order valence-corrected chi connectivity index (χ4v) is 6.22. The van der Waals surface area contributed by atoms with Crippen molar-refractivity contribution in [1.82, 2.24) is 9.80 Å². The monoisotopic (exact) mass is 572 g/mol. The minimum absolute atomic E-state index is 0.0214. The van der Waals surface area contributed by atoms with Gasteiger partial charge >= 0.3 is 5.97 Å². The van der Waals surface area contributed by atoms with Crippen LogP contribution in [0.5, 0.6) is 0 Å². The molecule has 1 unspecified atom stereocenters. The van der Waals surface area contributed by atoms with Crippen LogP contribution in [-0.2, 0) is 19.0 Å². The Balaban J connectivity index is 2.51. The minimum atomic E-state index is -1.71. The Morgan fingerprint density at radius 1 is 1.12 bits per heavy atom. The summed E-state index contributed by atoms with van der Waals surface area (Å²) in [5.74, 6) is -2.15. The zero-order chi connectivity index (χ0) is 30.7. The maximum atomic E-state index is 13.2. The third kappa shape index (κ3) is 8.04. The van der Waals surface area contributed by atoms with E-state index in [1.165, 1.54) is 6.92 Å². The van der Waals surface area contributed by atoms with Gasteiger partial charge in [0.05, 0.1) is 24.2 Å². The van der Waals surface area contributed by atoms with E-state index in [1.807, 2.05) is 65.6 Å². The lowest BCUT2D eigenvalue weighted by Crippen LogP contribution is -2.59. The summed E-state index contributed by atoms with van der Waals surface area (Å²) in [6, 6.07) is -0.595. The molecule has 0 bridgehead atoms. The number of aliphatic hydroxyl groups excluding tert-OH is 3. The Bertz CT molecular complexity index is 852. The molecule has 0 aromatic rings. The van der Waals surface area contributed by atoms with Gasteiger partial charge in [-0.2, -0.15) is 0 Å². The van der Waals surface area contributed by atoms with Crippen LogP contribution < -0.4 is 0 Å². The lowest BCUT2D eigenvalue weighted by molar-refractivity contribution is -0.271. The first-order chi connectivity index (χ1) is 18.4. The van der Waals surface area contributed by atoms with Gasteiger partial charge in [0.1, 0.15) is 23.9 Å². The summed E-state index contributed by atoms with van der Waals surface area (Å²) in [6.45, 7) is 15.0. The van der Waals surface area contributed by atoms with Crippen LogP contribution in [0.1, 0.15) is 68.2 Å². The highest BCUT2D eigenvalue weighted by Crippen LogP contribution is 2.33. The number of nitrogens with zero attached hydrogens (tertiary/aromatic N) is 2. The topological polar surface area (TPSA) is 132 Å². The molecule has 0 saturated carbocycles. The Kier molecular flexibility index (Phi) is 12.6. The first-order valence-electron chi connectivity index (χ1n) is 14.8. The number of aliphatic hydroxyl groups is 4. The molecule has 2 aliphatic rings. The number of carbonyl (C=O) groups is 1. The molecule has 2 heterocycles. The molecule has 0 aromatic heterocycles. The van der Waals surface area contributed by atoms with Gasteiger partial charge < -0.3 is 44.4 Å². The van der Waals surface area contributed by atoms with E-state index in [1.54, 1.807) is 13.8 Å². The zero-order valence-electron chi connectivity index (χ0n) is 26.4. The summed E-state index contributed by atoms with van der Waals surface area (Å²) >= 11 is 0. The predicted octanol–water partition coefficient (Wildman–Crippen LogP) is 1.78. The molecule has 0 radical (unpaired) electrons. The SMILES string of the molecule is CC[C@H]1OC(=O)[C@H](C)C(O)[C@H](C)[C@@H](O[C@@H]2O[C@H](C)C[C@H](N(C)C)[C@H]2O)/C(C)=C/[C@@H](C)CN(C)[C@H](C)[C@@H](O)[C@]1(C)O. The van der Waals surface area contributed by atoms with Gasteiger partial charge in [-0.15, -0.1) is 0 Å². The molecular weight excluding hydrogens is 516 g/mol. The Hall–Kier alpha value is -1.11. The van der Waals surface area contributed by atoms with E-state index in [-0.39, 0.29) is 24.5 Å². The highest BCUT2D eigenvalue weighted by molar-refractivity contribution is 5.73. The number of esters is 1. The van der Waals surface area contributed by atoms with Gasteiger partial charge in [-0.3, -0.25) is 4.79 Å². The van der Waals surface area contributed by atoms with Gasteiger partial charge in [0.2, 0.25) is 0 Å². The number of cyclic esters (lactones) is 1. The van der Waals surface area contributed by atoms with Gasteiger partial charge in [-0.05, 0) is 80.1 Å². The molecule has 1 saturated heterocycles. The van der Waals surface area contributed by atoms with Crippen molar-refractivity contribution in [2.24, 2.45) is 17.8 Å². The van der Waals surface area contributed by atoms with Gasteiger partial charge in [-0.25, -0.2) is 0 Å². The molecule has 0 aliphatic carbocycles. The standard InChI is InChI=1S/C30H56N2O8/c1-12-23-30(8,37)27(35)21(7)32(11)15-16(2)13-17(3)26(19(5)24(33)20(6)28(36)39-23)40-29-25(34)22(31(9)10)14-18(4)38-29/h13,16,18-27,29,33-35,37H,12,14-15H2,1-11H3/b17-13+/t16-,18-,19+,20-,21-,22+,23-,24?,25-,26+,27-,29+,30-/m1/s1. The molecule has 10 heteroatoms. The van der Waals surface area contributed by atoms with Crippen LogP contribution in [0.3, 0.4) is 0 Å². The van der Waals surface area contributed by atoms with E-state index in [4.69, 9.17) is 14.2 Å². The Morgan fingerprint density at radius 3 is 2.27 bits per heavy atom. The number of hydrogen-bond acceptors (Lipinski definition) is 10. The highest BCUT2D eigenvalue weighted by Gasteiger charge is 2.46. The summed E-state index contributed by atoms with van der Waals surface area (Å²) < 4.78 is 18.2. The van der Waals surface area contributed by atoms with E-state index < -0.39 is 66.3 Å². The Morgan fingerprint density at radius 2 is 1.73 bits per heavy atom. The van der Waals surface area contributed by atoms with Crippen molar-refractivity contribution >= 4 is 5.97 Å². The van der Waals surface area contributed by atoms with Gasteiger partial charge in [-0.1, -0.05) is 26.8 Å². The molecule has 10 nitrogen and oxygen atoms in total. The van der Waals surface area contributed by atoms with Crippen LogP contribution in [0.2, 0.25) is 0 Å². The molecule has 0 amide bonds. The second-order valence-electron chi connectivity index (χ2n) is 12.8. The van der Waals surface area contributed by atoms with Crippen molar-refractivity contribution in [2.45, 2.75) is 129 Å². The molecule has 2 rings (SSSR count). The zero-order valence-corrected chi connectivity index (χ0v) is 26.4. The average Bonchev–Trinajstić information content (AvgIpc) is 2.88. The molecule has 13 atom stereocenters. The van der Waals surface area contributed by atoms with E-state index in [0.29, 0.717) is 13.0 Å². The van der Waals surface area contributed by atoms with Crippen molar-refractivity contribution in [3.8, 4) is 0 Å². The molecule has 0 aromatic carbocycles. The van der Waals surface area contributed by atoms with E-state index in [2.05, 4.69) is 6.08 Å². The molecule has 0 spiro atoms. The van der Waals surface area contributed by atoms with Gasteiger partial charge in [0.25, 0.3) is 0 Å². The number of carbonyl (C=O) groups excluding carboxylic acids is 1. The quantitative estimate of drug-likeness (QED) is 0.292. The average molecular weight is 573 g/mol. The maximum absolute atomic E-state index is 13.2. The second-order valence-corrected chi connectivity index (χ2v) is 12.8. The van der Waals surface area contributed by atoms with Gasteiger partial charge in [0.15, 0.2) is 6.29 Å². The normalized spacial score (nSPS) is 46.7. The number of rotatable bonds is 4. The van der Waals surface area contributed by atoms with E-state index >= 15 is 0 Å². The lowest BCUT2D eigenvalue weighted by Gasteiger charge is -2.43. The molecule has 234 valence electrons. The third-order valence-corrected chi connectivity index (χ3v) is 9.06. The summed E-state index contributed by atoms with van der Waals surface area (Å²) in [5.41, 5.74) is -0.867. The molecule has 2 aliphatic heterocycles. The van der Waals surface area contributed by atoms with E-state index in [9.17, 15) is 25.2 Å². The van der Waals surface area contributed by atoms with Crippen LogP contribution >= 0.6 is 0 Å². The van der Waals surface area contributed by atoms with Crippen molar-refractivity contribution in [2.75, 3.05) is 27.7 Å². The largest absolute Gasteiger partial charge is 0.459 e. The third-order valence-electron chi connectivity index (χ3n) is 9.06. The van der Waals surface area contributed by atoms with Crippen LogP contribution in [-0.4, -0.2) is 124 Å². The van der Waals surface area contributed by atoms with Crippen molar-refractivity contribution in [1.29, 1.82) is 0 Å². The first kappa shape index (κ1) is 35.1. The number of hydrogen-bond donors (Lipinski definition) is 4. The molecule has 4 N–H and O–H groups in total. The van der Waals surface area contributed by atoms with Crippen LogP contribution in [0, 0.1) is 17.8 Å². The molecule has 1 fully saturated rings. The lowest BCUT2D eigenvalue weighted by atomic mass is 9.85. The first-order valence-corrected chi connectivity index (χ1v) is 14.8. The minimum Gasteiger partial charge on any atom is -0.459 e. The second kappa shape index (κ2) is 14.4. The van der Waals surface area contributed by atoms with Gasteiger partial charge in [0, 0.05) is 24.5 Å². The smallest absolute Gasteiger partial charge is 0.311 e. The highest BCUT2D eigenvalue weighted by atomic mass is 16.7. The molecule has 40 heavy (non-hydrogen) atoms. The van der Waals surface area contributed by atoms with Crippen LogP contribution in [0.4, 0.5) is 0 Å². The van der Waals surface area contributed by atoms with Crippen LogP contribution in [0.15, 0.2) is 11.6 Å². The predicted molar refractivity (Wildman–Crippen MR) is 153 cm³/mol. The fraction of sp³-hybridized carbons (Fsp3) is 0.900. The summed E-state index contributed by atoms with van der Waals surface area (Å²) in [7, 11) is 5.70. The van der Waals surface area contributed by atoms with Crippen molar-refractivity contribution in [3.63, 3.8) is 0 Å². The molecular formula is C30H56N2O8. The number of likely N-dealkylation sites (N-methyl/N-ethyl adjacent to an activating group) is 2. The summed E-state index contributed by atoms with van der Waals surface area (Å²) in [5, 5.41) is 45.0. The van der Waals surface area contributed by atoms with E-state index in [0.717, 1.165) is 5.57 Å². The number of ether oxygens (including phenoxy) is 3. The maximum Gasteiger partial charge on any atom is 0.311 e. The Labute approximate surface area is 241 Å². The van der Waals surface area contributed by atoms with Crippen molar-refractivity contribution < 1.29 is 39.4 Å². The summed E-state index contributed by atoms with van der Waals surface area (Å²) in [6.07, 6.45) is -2.94. The summed E-state index contributed by atoms with van der Waals surface area (Å²) in [4.78, 5) is 17.2. The van der Waals surface area contributed by atoms with Crippen LogP contribution in [0.25, 0.3) is 0 Å². The fourth-order valence-electron chi connectivity index (χ4n) is 6.22. The van der Waals surface area contributed by atoms with Crippen molar-refractivity contribution in [3.05, 3.63) is 11.6 Å².